The number of hydrogen-bond acceptors (Lipinski definition) is 6. The molecule has 4 rings (SSSR count). The van der Waals surface area contributed by atoms with E-state index in [1.807, 2.05) is 38.1 Å². The van der Waals surface area contributed by atoms with Crippen LogP contribution in [0.4, 0.5) is 0 Å². The van der Waals surface area contributed by atoms with Crippen molar-refractivity contribution in [1.29, 1.82) is 0 Å². The Bertz CT molecular complexity index is 1380. The molecule has 1 heterocycles. The Hall–Kier alpha value is -3.17. The molecule has 0 unspecified atom stereocenters. The number of benzene rings is 3. The molecule has 0 spiro atoms. The third-order valence-corrected chi connectivity index (χ3v) is 6.52. The van der Waals surface area contributed by atoms with Gasteiger partial charge in [-0.1, -0.05) is 29.3 Å². The molecule has 0 radical (unpaired) electrons. The molecule has 172 valence electrons. The normalized spacial score (nSPS) is 14.1. The molecule has 0 N–H and O–H groups in total. The summed E-state index contributed by atoms with van der Waals surface area (Å²) in [6, 6.07) is 15.9. The highest BCUT2D eigenvalue weighted by molar-refractivity contribution is 14.1. The fourth-order valence-corrected chi connectivity index (χ4v) is 3.91. The van der Waals surface area contributed by atoms with Crippen LogP contribution in [0.1, 0.15) is 32.6 Å². The molecule has 3 aromatic carbocycles. The molecule has 1 aliphatic heterocycles. The van der Waals surface area contributed by atoms with Crippen LogP contribution in [0.3, 0.4) is 0 Å². The minimum absolute atomic E-state index is 0.0883. The molecular weight excluding hydrogens is 569 g/mol. The Balaban J connectivity index is 1.63. The maximum Gasteiger partial charge on any atom is 0.363 e. The van der Waals surface area contributed by atoms with Crippen LogP contribution in [0.25, 0.3) is 6.08 Å². The number of hydrogen-bond donors (Lipinski definition) is 0. The van der Waals surface area contributed by atoms with Crippen LogP contribution in [0.2, 0.25) is 5.02 Å². The van der Waals surface area contributed by atoms with Crippen molar-refractivity contribution in [1.82, 2.24) is 0 Å². The molecule has 0 aromatic heterocycles. The Morgan fingerprint density at radius 1 is 1.12 bits per heavy atom. The topological polar surface area (TPSA) is 74.2 Å². The number of aliphatic imine (C=N–C) groups is 1. The lowest BCUT2D eigenvalue weighted by molar-refractivity contribution is -0.129. The molecule has 0 aliphatic carbocycles. The van der Waals surface area contributed by atoms with Gasteiger partial charge in [0.15, 0.2) is 17.2 Å². The van der Waals surface area contributed by atoms with Gasteiger partial charge in [-0.2, -0.15) is 0 Å². The van der Waals surface area contributed by atoms with E-state index < -0.39 is 11.9 Å². The number of aryl methyl sites for hydroxylation is 2. The summed E-state index contributed by atoms with van der Waals surface area (Å²) in [5.41, 5.74) is 3.75. The maximum absolute atomic E-state index is 12.6. The highest BCUT2D eigenvalue weighted by Crippen LogP contribution is 2.38. The van der Waals surface area contributed by atoms with Gasteiger partial charge in [-0.25, -0.2) is 14.6 Å². The van der Waals surface area contributed by atoms with Gasteiger partial charge in [0.2, 0.25) is 5.90 Å². The molecule has 6 nitrogen and oxygen atoms in total. The summed E-state index contributed by atoms with van der Waals surface area (Å²) in [6.07, 6.45) is 1.54. The first-order chi connectivity index (χ1) is 16.2. The first-order valence-electron chi connectivity index (χ1n) is 10.2. The van der Waals surface area contributed by atoms with E-state index in [9.17, 15) is 9.59 Å². The molecule has 0 atom stereocenters. The number of ether oxygens (including phenoxy) is 3. The van der Waals surface area contributed by atoms with E-state index in [2.05, 4.69) is 27.6 Å². The second-order valence-electron chi connectivity index (χ2n) is 7.59. The van der Waals surface area contributed by atoms with E-state index in [1.165, 1.54) is 13.2 Å². The third kappa shape index (κ3) is 5.15. The highest BCUT2D eigenvalue weighted by Gasteiger charge is 2.25. The second-order valence-corrected chi connectivity index (χ2v) is 9.16. The molecule has 0 saturated carbocycles. The van der Waals surface area contributed by atoms with Crippen LogP contribution in [-0.2, 0) is 9.53 Å². The zero-order chi connectivity index (χ0) is 24.4. The summed E-state index contributed by atoms with van der Waals surface area (Å²) in [4.78, 5) is 29.3. The van der Waals surface area contributed by atoms with E-state index in [1.54, 1.807) is 30.3 Å². The van der Waals surface area contributed by atoms with E-state index in [0.717, 1.165) is 14.7 Å². The number of carbonyl (C=O) groups is 2. The predicted molar refractivity (Wildman–Crippen MR) is 139 cm³/mol. The molecular formula is C26H19ClINO5. The summed E-state index contributed by atoms with van der Waals surface area (Å²) in [6.45, 7) is 3.86. The van der Waals surface area contributed by atoms with E-state index in [4.69, 9.17) is 25.8 Å². The lowest BCUT2D eigenvalue weighted by atomic mass is 10.1. The number of carbonyl (C=O) groups excluding carboxylic acids is 2. The number of rotatable bonds is 5. The zero-order valence-electron chi connectivity index (χ0n) is 18.5. The van der Waals surface area contributed by atoms with Crippen LogP contribution >= 0.6 is 34.2 Å². The molecule has 0 fully saturated rings. The predicted octanol–water partition coefficient (Wildman–Crippen LogP) is 6.13. The minimum atomic E-state index is -0.573. The number of halogens is 2. The average molecular weight is 588 g/mol. The van der Waals surface area contributed by atoms with Crippen molar-refractivity contribution in [3.63, 3.8) is 0 Å². The van der Waals surface area contributed by atoms with Gasteiger partial charge in [0.25, 0.3) is 0 Å². The van der Waals surface area contributed by atoms with Crippen molar-refractivity contribution in [3.8, 4) is 11.5 Å². The monoisotopic (exact) mass is 587 g/mol. The maximum atomic E-state index is 12.6. The van der Waals surface area contributed by atoms with Crippen LogP contribution in [0, 0.1) is 17.4 Å². The molecule has 3 aromatic rings. The number of cyclic esters (lactones) is 1. The van der Waals surface area contributed by atoms with Crippen molar-refractivity contribution in [2.45, 2.75) is 13.8 Å². The molecule has 0 amide bonds. The van der Waals surface area contributed by atoms with Gasteiger partial charge in [-0.3, -0.25) is 0 Å². The van der Waals surface area contributed by atoms with Crippen molar-refractivity contribution < 1.29 is 23.8 Å². The molecule has 8 heteroatoms. The average Bonchev–Trinajstić information content (AvgIpc) is 3.17. The molecule has 1 aliphatic rings. The fraction of sp³-hybridized carbons (Fsp3) is 0.115. The fourth-order valence-electron chi connectivity index (χ4n) is 3.31. The Morgan fingerprint density at radius 2 is 1.91 bits per heavy atom. The number of methoxy groups -OCH3 is 1. The third-order valence-electron chi connectivity index (χ3n) is 5.03. The Morgan fingerprint density at radius 3 is 2.62 bits per heavy atom. The summed E-state index contributed by atoms with van der Waals surface area (Å²) >= 11 is 8.65. The standard InChI is InChI=1S/C26H19ClINO5/c1-14-5-4-6-18(9-14)25(30)33-23-19(27)11-16(13-22(23)32-3)12-21-26(31)34-24(29-21)17-7-8-20(28)15(2)10-17/h4-13H,1-3H3/b21-12-. The van der Waals surface area contributed by atoms with Crippen molar-refractivity contribution >= 4 is 58.1 Å². The van der Waals surface area contributed by atoms with Gasteiger partial charge in [0.1, 0.15) is 0 Å². The van der Waals surface area contributed by atoms with Gasteiger partial charge in [-0.05, 0) is 96.1 Å². The first kappa shape index (κ1) is 24.0. The SMILES string of the molecule is COc1cc(/C=C2\N=C(c3ccc(I)c(C)c3)OC2=O)cc(Cl)c1OC(=O)c1cccc(C)c1. The van der Waals surface area contributed by atoms with E-state index in [0.29, 0.717) is 16.7 Å². The summed E-state index contributed by atoms with van der Waals surface area (Å²) in [7, 11) is 1.44. The van der Waals surface area contributed by atoms with Gasteiger partial charge in [0.05, 0.1) is 17.7 Å². The van der Waals surface area contributed by atoms with Gasteiger partial charge < -0.3 is 14.2 Å². The summed E-state index contributed by atoms with van der Waals surface area (Å²) in [5.74, 6) is -0.570. The highest BCUT2D eigenvalue weighted by atomic mass is 127. The van der Waals surface area contributed by atoms with Crippen LogP contribution in [-0.4, -0.2) is 24.9 Å². The van der Waals surface area contributed by atoms with Crippen LogP contribution < -0.4 is 9.47 Å². The van der Waals surface area contributed by atoms with Crippen molar-refractivity contribution in [2.75, 3.05) is 7.11 Å². The lowest BCUT2D eigenvalue weighted by Crippen LogP contribution is -2.10. The van der Waals surface area contributed by atoms with Gasteiger partial charge >= 0.3 is 11.9 Å². The van der Waals surface area contributed by atoms with Gasteiger partial charge in [-0.15, -0.1) is 0 Å². The van der Waals surface area contributed by atoms with Crippen LogP contribution in [0.5, 0.6) is 11.5 Å². The Labute approximate surface area is 215 Å². The van der Waals surface area contributed by atoms with Gasteiger partial charge in [0, 0.05) is 9.13 Å². The van der Waals surface area contributed by atoms with Crippen molar-refractivity contribution in [3.05, 3.63) is 96.7 Å². The summed E-state index contributed by atoms with van der Waals surface area (Å²) in [5, 5.41) is 0.149. The molecule has 0 saturated heterocycles. The molecule has 34 heavy (non-hydrogen) atoms. The minimum Gasteiger partial charge on any atom is -0.493 e. The smallest absolute Gasteiger partial charge is 0.363 e. The first-order valence-corrected chi connectivity index (χ1v) is 11.7. The zero-order valence-corrected chi connectivity index (χ0v) is 21.4. The lowest BCUT2D eigenvalue weighted by Gasteiger charge is -2.12. The van der Waals surface area contributed by atoms with E-state index >= 15 is 0 Å². The summed E-state index contributed by atoms with van der Waals surface area (Å²) < 4.78 is 17.4. The largest absolute Gasteiger partial charge is 0.493 e. The molecule has 0 bridgehead atoms. The second kappa shape index (κ2) is 9.99. The van der Waals surface area contributed by atoms with Crippen LogP contribution in [0.15, 0.2) is 65.3 Å². The number of nitrogens with zero attached hydrogens (tertiary/aromatic N) is 1. The van der Waals surface area contributed by atoms with Crippen molar-refractivity contribution in [2.24, 2.45) is 4.99 Å². The quantitative estimate of drug-likeness (QED) is 0.155. The van der Waals surface area contributed by atoms with E-state index in [-0.39, 0.29) is 28.1 Å². The number of esters is 2. The Kier molecular flexibility index (Phi) is 7.04.